The average Bonchev–Trinajstić information content (AvgIpc) is 2.28. The van der Waals surface area contributed by atoms with Gasteiger partial charge in [-0.2, -0.15) is 5.26 Å². The van der Waals surface area contributed by atoms with Crippen LogP contribution in [0.1, 0.15) is 22.9 Å². The highest BCUT2D eigenvalue weighted by molar-refractivity contribution is 9.09. The van der Waals surface area contributed by atoms with Crippen LogP contribution in [0.3, 0.4) is 0 Å². The molecular formula is C11H10BrNO2. The Bertz CT molecular complexity index is 381. The summed E-state index contributed by atoms with van der Waals surface area (Å²) in [7, 11) is 0. The summed E-state index contributed by atoms with van der Waals surface area (Å²) < 4.78 is 4.86. The maximum absolute atomic E-state index is 11.4. The van der Waals surface area contributed by atoms with Gasteiger partial charge in [0.25, 0.3) is 0 Å². The molecule has 0 aliphatic rings. The van der Waals surface area contributed by atoms with Crippen molar-refractivity contribution in [3.05, 3.63) is 35.4 Å². The lowest BCUT2D eigenvalue weighted by Gasteiger charge is -2.08. The van der Waals surface area contributed by atoms with Crippen LogP contribution >= 0.6 is 15.9 Å². The Labute approximate surface area is 96.8 Å². The van der Waals surface area contributed by atoms with Crippen LogP contribution < -0.4 is 0 Å². The number of carbonyl (C=O) groups excluding carboxylic acids is 1. The van der Waals surface area contributed by atoms with Crippen LogP contribution in [-0.4, -0.2) is 12.6 Å². The fourth-order valence-electron chi connectivity index (χ4n) is 1.08. The zero-order valence-corrected chi connectivity index (χ0v) is 9.82. The van der Waals surface area contributed by atoms with Gasteiger partial charge in [0.15, 0.2) is 0 Å². The molecule has 0 bridgehead atoms. The smallest absolute Gasteiger partial charge is 0.324 e. The molecule has 1 atom stereocenters. The van der Waals surface area contributed by atoms with Crippen molar-refractivity contribution in [2.75, 3.05) is 6.61 Å². The van der Waals surface area contributed by atoms with Gasteiger partial charge >= 0.3 is 5.97 Å². The molecule has 0 radical (unpaired) electrons. The Morgan fingerprint density at radius 3 is 2.60 bits per heavy atom. The number of carbonyl (C=O) groups is 1. The molecule has 0 aromatic heterocycles. The summed E-state index contributed by atoms with van der Waals surface area (Å²) in [5.41, 5.74) is 1.36. The van der Waals surface area contributed by atoms with Crippen LogP contribution in [0.4, 0.5) is 0 Å². The first-order valence-corrected chi connectivity index (χ1v) is 5.41. The molecule has 0 fully saturated rings. The van der Waals surface area contributed by atoms with Gasteiger partial charge in [-0.25, -0.2) is 0 Å². The Morgan fingerprint density at radius 1 is 1.53 bits per heavy atom. The van der Waals surface area contributed by atoms with Crippen LogP contribution in [0.15, 0.2) is 24.3 Å². The lowest BCUT2D eigenvalue weighted by Crippen LogP contribution is -2.10. The summed E-state index contributed by atoms with van der Waals surface area (Å²) in [6.07, 6.45) is 0. The van der Waals surface area contributed by atoms with Crippen LogP contribution in [0.2, 0.25) is 0 Å². The van der Waals surface area contributed by atoms with E-state index in [9.17, 15) is 4.79 Å². The van der Waals surface area contributed by atoms with Crippen molar-refractivity contribution in [2.24, 2.45) is 0 Å². The van der Waals surface area contributed by atoms with Crippen molar-refractivity contribution in [1.82, 2.24) is 0 Å². The third kappa shape index (κ3) is 3.07. The molecule has 0 spiro atoms. The highest BCUT2D eigenvalue weighted by atomic mass is 79.9. The second-order valence-electron chi connectivity index (χ2n) is 2.85. The normalized spacial score (nSPS) is 11.5. The summed E-state index contributed by atoms with van der Waals surface area (Å²) in [6, 6.07) is 8.82. The molecule has 1 unspecified atom stereocenters. The predicted molar refractivity (Wildman–Crippen MR) is 59.5 cm³/mol. The maximum Gasteiger partial charge on any atom is 0.324 e. The van der Waals surface area contributed by atoms with Crippen molar-refractivity contribution >= 4 is 21.9 Å². The maximum atomic E-state index is 11.4. The van der Waals surface area contributed by atoms with Crippen molar-refractivity contribution in [3.63, 3.8) is 0 Å². The van der Waals surface area contributed by atoms with E-state index in [0.717, 1.165) is 5.56 Å². The van der Waals surface area contributed by atoms with E-state index in [1.54, 1.807) is 31.2 Å². The fourth-order valence-corrected chi connectivity index (χ4v) is 1.52. The van der Waals surface area contributed by atoms with Crippen LogP contribution in [0.25, 0.3) is 0 Å². The van der Waals surface area contributed by atoms with E-state index >= 15 is 0 Å². The van der Waals surface area contributed by atoms with E-state index in [-0.39, 0.29) is 5.97 Å². The number of ether oxygens (including phenoxy) is 1. The first kappa shape index (κ1) is 11.7. The third-order valence-electron chi connectivity index (χ3n) is 1.83. The number of rotatable bonds is 3. The molecule has 4 heteroatoms. The van der Waals surface area contributed by atoms with E-state index < -0.39 is 4.83 Å². The summed E-state index contributed by atoms with van der Waals surface area (Å²) in [4.78, 5) is 10.9. The number of hydrogen-bond donors (Lipinski definition) is 0. The van der Waals surface area contributed by atoms with E-state index in [0.29, 0.717) is 12.2 Å². The van der Waals surface area contributed by atoms with E-state index in [1.165, 1.54) is 0 Å². The molecule has 0 saturated carbocycles. The van der Waals surface area contributed by atoms with Gasteiger partial charge in [-0.3, -0.25) is 4.79 Å². The van der Waals surface area contributed by atoms with E-state index in [1.807, 2.05) is 6.07 Å². The molecule has 0 saturated heterocycles. The van der Waals surface area contributed by atoms with E-state index in [4.69, 9.17) is 10.00 Å². The molecule has 0 N–H and O–H groups in total. The quantitative estimate of drug-likeness (QED) is 0.625. The Morgan fingerprint density at radius 2 is 2.13 bits per heavy atom. The SMILES string of the molecule is CCOC(=O)C(Br)c1ccc(C#N)cc1. The largest absolute Gasteiger partial charge is 0.465 e. The summed E-state index contributed by atoms with van der Waals surface area (Å²) >= 11 is 3.24. The summed E-state index contributed by atoms with van der Waals surface area (Å²) in [5.74, 6) is -0.317. The van der Waals surface area contributed by atoms with Gasteiger partial charge in [-0.05, 0) is 24.6 Å². The number of nitrogens with zero attached hydrogens (tertiary/aromatic N) is 1. The molecule has 1 rings (SSSR count). The molecule has 1 aromatic rings. The number of alkyl halides is 1. The molecule has 15 heavy (non-hydrogen) atoms. The topological polar surface area (TPSA) is 50.1 Å². The Kier molecular flexibility index (Phi) is 4.32. The van der Waals surface area contributed by atoms with Gasteiger partial charge in [0.05, 0.1) is 18.2 Å². The average molecular weight is 268 g/mol. The first-order valence-electron chi connectivity index (χ1n) is 4.49. The molecule has 3 nitrogen and oxygen atoms in total. The Balaban J connectivity index is 2.79. The van der Waals surface area contributed by atoms with Crippen molar-refractivity contribution in [2.45, 2.75) is 11.8 Å². The zero-order valence-electron chi connectivity index (χ0n) is 8.24. The molecule has 0 heterocycles. The van der Waals surface area contributed by atoms with Gasteiger partial charge in [-0.1, -0.05) is 28.1 Å². The number of hydrogen-bond acceptors (Lipinski definition) is 3. The van der Waals surface area contributed by atoms with Gasteiger partial charge in [0.2, 0.25) is 0 Å². The summed E-state index contributed by atoms with van der Waals surface area (Å²) in [5, 5.41) is 8.61. The third-order valence-corrected chi connectivity index (χ3v) is 2.73. The standard InChI is InChI=1S/C11H10BrNO2/c1-2-15-11(14)10(12)9-5-3-8(7-13)4-6-9/h3-6,10H,2H2,1H3. The predicted octanol–water partition coefficient (Wildman–Crippen LogP) is 2.56. The van der Waals surface area contributed by atoms with Gasteiger partial charge in [-0.15, -0.1) is 0 Å². The monoisotopic (exact) mass is 267 g/mol. The van der Waals surface area contributed by atoms with Gasteiger partial charge in [0.1, 0.15) is 4.83 Å². The molecule has 0 aliphatic heterocycles. The van der Waals surface area contributed by atoms with Crippen molar-refractivity contribution in [1.29, 1.82) is 5.26 Å². The summed E-state index contributed by atoms with van der Waals surface area (Å²) in [6.45, 7) is 2.12. The highest BCUT2D eigenvalue weighted by Crippen LogP contribution is 2.24. The van der Waals surface area contributed by atoms with Crippen LogP contribution in [0, 0.1) is 11.3 Å². The lowest BCUT2D eigenvalue weighted by atomic mass is 10.1. The highest BCUT2D eigenvalue weighted by Gasteiger charge is 2.17. The fraction of sp³-hybridized carbons (Fsp3) is 0.273. The number of halogens is 1. The molecule has 78 valence electrons. The van der Waals surface area contributed by atoms with Gasteiger partial charge < -0.3 is 4.74 Å². The van der Waals surface area contributed by atoms with Crippen LogP contribution in [0.5, 0.6) is 0 Å². The second-order valence-corrected chi connectivity index (χ2v) is 3.76. The molecule has 1 aromatic carbocycles. The molecule has 0 amide bonds. The van der Waals surface area contributed by atoms with Crippen molar-refractivity contribution < 1.29 is 9.53 Å². The number of esters is 1. The number of benzene rings is 1. The Hall–Kier alpha value is -1.34. The minimum atomic E-state index is -0.467. The minimum Gasteiger partial charge on any atom is -0.465 e. The lowest BCUT2D eigenvalue weighted by molar-refractivity contribution is -0.142. The molecule has 0 aliphatic carbocycles. The van der Waals surface area contributed by atoms with Gasteiger partial charge in [0, 0.05) is 0 Å². The minimum absolute atomic E-state index is 0.317. The zero-order chi connectivity index (χ0) is 11.3. The van der Waals surface area contributed by atoms with Crippen molar-refractivity contribution in [3.8, 4) is 6.07 Å². The number of nitriles is 1. The first-order chi connectivity index (χ1) is 7.19. The van der Waals surface area contributed by atoms with Crippen LogP contribution in [-0.2, 0) is 9.53 Å². The van der Waals surface area contributed by atoms with E-state index in [2.05, 4.69) is 15.9 Å². The second kappa shape index (κ2) is 5.52. The molecular weight excluding hydrogens is 258 g/mol.